The van der Waals surface area contributed by atoms with Crippen LogP contribution in [0.15, 0.2) is 24.3 Å². The average molecular weight is 276 g/mol. The minimum absolute atomic E-state index is 0.108. The summed E-state index contributed by atoms with van der Waals surface area (Å²) in [5.74, 6) is 0.599. The SMILES string of the molecule is CC(C)CNC(=O)CCNC1COCc2ccccc21. The van der Waals surface area contributed by atoms with Gasteiger partial charge in [-0.25, -0.2) is 0 Å². The van der Waals surface area contributed by atoms with E-state index in [4.69, 9.17) is 4.74 Å². The molecule has 0 fully saturated rings. The maximum atomic E-state index is 11.7. The molecular weight excluding hydrogens is 252 g/mol. The number of carbonyl (C=O) groups is 1. The summed E-state index contributed by atoms with van der Waals surface area (Å²) < 4.78 is 5.58. The lowest BCUT2D eigenvalue weighted by atomic mass is 9.99. The van der Waals surface area contributed by atoms with Crippen molar-refractivity contribution in [2.24, 2.45) is 5.92 Å². The number of carbonyl (C=O) groups excluding carboxylic acids is 1. The van der Waals surface area contributed by atoms with Gasteiger partial charge in [-0.05, 0) is 17.0 Å². The summed E-state index contributed by atoms with van der Waals surface area (Å²) in [7, 11) is 0. The maximum absolute atomic E-state index is 11.7. The molecule has 1 aromatic rings. The fourth-order valence-electron chi connectivity index (χ4n) is 2.32. The predicted molar refractivity (Wildman–Crippen MR) is 79.3 cm³/mol. The molecular formula is C16H24N2O2. The molecule has 2 N–H and O–H groups in total. The largest absolute Gasteiger partial charge is 0.375 e. The lowest BCUT2D eigenvalue weighted by Gasteiger charge is -2.26. The summed E-state index contributed by atoms with van der Waals surface area (Å²) in [6, 6.07) is 8.50. The highest BCUT2D eigenvalue weighted by molar-refractivity contribution is 5.76. The van der Waals surface area contributed by atoms with Crippen LogP contribution < -0.4 is 10.6 Å². The zero-order valence-electron chi connectivity index (χ0n) is 12.3. The zero-order chi connectivity index (χ0) is 14.4. The lowest BCUT2D eigenvalue weighted by molar-refractivity contribution is -0.121. The third kappa shape index (κ3) is 4.32. The number of rotatable bonds is 6. The smallest absolute Gasteiger partial charge is 0.221 e. The molecule has 4 nitrogen and oxygen atoms in total. The molecule has 1 amide bonds. The third-order valence-electron chi connectivity index (χ3n) is 3.42. The minimum atomic E-state index is 0.108. The highest BCUT2D eigenvalue weighted by atomic mass is 16.5. The Morgan fingerprint density at radius 1 is 1.40 bits per heavy atom. The fraction of sp³-hybridized carbons (Fsp3) is 0.562. The zero-order valence-corrected chi connectivity index (χ0v) is 12.3. The van der Waals surface area contributed by atoms with Gasteiger partial charge in [0.15, 0.2) is 0 Å². The van der Waals surface area contributed by atoms with Crippen LogP contribution in [0.3, 0.4) is 0 Å². The molecule has 0 aliphatic carbocycles. The van der Waals surface area contributed by atoms with E-state index in [1.54, 1.807) is 0 Å². The predicted octanol–water partition coefficient (Wildman–Crippen LogP) is 2.01. The summed E-state index contributed by atoms with van der Waals surface area (Å²) >= 11 is 0. The molecule has 0 saturated heterocycles. The van der Waals surface area contributed by atoms with E-state index in [1.807, 2.05) is 12.1 Å². The van der Waals surface area contributed by atoms with Gasteiger partial charge >= 0.3 is 0 Å². The topological polar surface area (TPSA) is 50.4 Å². The molecule has 1 aromatic carbocycles. The van der Waals surface area contributed by atoms with E-state index < -0.39 is 0 Å². The van der Waals surface area contributed by atoms with Crippen LogP contribution in [0.2, 0.25) is 0 Å². The van der Waals surface area contributed by atoms with Crippen LogP contribution in [0.4, 0.5) is 0 Å². The highest BCUT2D eigenvalue weighted by Gasteiger charge is 2.19. The van der Waals surface area contributed by atoms with E-state index in [9.17, 15) is 4.79 Å². The maximum Gasteiger partial charge on any atom is 0.221 e. The quantitative estimate of drug-likeness (QED) is 0.835. The first-order chi connectivity index (χ1) is 9.66. The van der Waals surface area contributed by atoms with Gasteiger partial charge in [0.2, 0.25) is 5.91 Å². The van der Waals surface area contributed by atoms with Gasteiger partial charge < -0.3 is 15.4 Å². The Morgan fingerprint density at radius 2 is 2.20 bits per heavy atom. The standard InChI is InChI=1S/C16H24N2O2/c1-12(2)9-18-16(19)7-8-17-15-11-20-10-13-5-3-4-6-14(13)15/h3-6,12,15,17H,7-11H2,1-2H3,(H,18,19). The Bertz CT molecular complexity index is 446. The summed E-state index contributed by atoms with van der Waals surface area (Å²) in [5.41, 5.74) is 2.53. The summed E-state index contributed by atoms with van der Waals surface area (Å²) in [4.78, 5) is 11.7. The van der Waals surface area contributed by atoms with Crippen molar-refractivity contribution in [1.29, 1.82) is 0 Å². The molecule has 1 aliphatic rings. The number of fused-ring (bicyclic) bond motifs is 1. The first kappa shape index (κ1) is 15.0. The molecule has 20 heavy (non-hydrogen) atoms. The van der Waals surface area contributed by atoms with Gasteiger partial charge in [0.05, 0.1) is 19.3 Å². The molecule has 4 heteroatoms. The number of amides is 1. The third-order valence-corrected chi connectivity index (χ3v) is 3.42. The van der Waals surface area contributed by atoms with Crippen LogP contribution in [-0.4, -0.2) is 25.6 Å². The van der Waals surface area contributed by atoms with Crippen molar-refractivity contribution in [3.8, 4) is 0 Å². The summed E-state index contributed by atoms with van der Waals surface area (Å²) in [6.45, 7) is 6.96. The average Bonchev–Trinajstić information content (AvgIpc) is 2.45. The van der Waals surface area contributed by atoms with E-state index in [0.717, 1.165) is 6.54 Å². The van der Waals surface area contributed by atoms with Gasteiger partial charge in [-0.15, -0.1) is 0 Å². The molecule has 110 valence electrons. The van der Waals surface area contributed by atoms with Crippen LogP contribution in [-0.2, 0) is 16.1 Å². The first-order valence-corrected chi connectivity index (χ1v) is 7.32. The van der Waals surface area contributed by atoms with Crippen LogP contribution >= 0.6 is 0 Å². The van der Waals surface area contributed by atoms with Crippen molar-refractivity contribution in [2.75, 3.05) is 19.7 Å². The van der Waals surface area contributed by atoms with Crippen molar-refractivity contribution < 1.29 is 9.53 Å². The van der Waals surface area contributed by atoms with Crippen LogP contribution in [0.1, 0.15) is 37.4 Å². The monoisotopic (exact) mass is 276 g/mol. The Kier molecular flexibility index (Phi) is 5.56. The molecule has 1 aliphatic heterocycles. The number of benzene rings is 1. The van der Waals surface area contributed by atoms with Gasteiger partial charge in [-0.2, -0.15) is 0 Å². The molecule has 0 spiro atoms. The van der Waals surface area contributed by atoms with Crippen LogP contribution in [0, 0.1) is 5.92 Å². The fourth-order valence-corrected chi connectivity index (χ4v) is 2.32. The molecule has 2 rings (SSSR count). The summed E-state index contributed by atoms with van der Waals surface area (Å²) in [5, 5.41) is 6.34. The Morgan fingerprint density at radius 3 is 3.00 bits per heavy atom. The van der Waals surface area contributed by atoms with Crippen molar-refractivity contribution in [1.82, 2.24) is 10.6 Å². The molecule has 0 aromatic heterocycles. The van der Waals surface area contributed by atoms with Crippen LogP contribution in [0.5, 0.6) is 0 Å². The second-order valence-corrected chi connectivity index (χ2v) is 5.67. The van der Waals surface area contributed by atoms with E-state index in [-0.39, 0.29) is 11.9 Å². The van der Waals surface area contributed by atoms with Crippen LogP contribution in [0.25, 0.3) is 0 Å². The molecule has 1 unspecified atom stereocenters. The normalized spacial score (nSPS) is 17.9. The van der Waals surface area contributed by atoms with E-state index in [1.165, 1.54) is 11.1 Å². The summed E-state index contributed by atoms with van der Waals surface area (Å²) in [6.07, 6.45) is 0.505. The first-order valence-electron chi connectivity index (χ1n) is 7.32. The van der Waals surface area contributed by atoms with Gasteiger partial charge in [-0.1, -0.05) is 38.1 Å². The molecule has 0 radical (unpaired) electrons. The van der Waals surface area contributed by atoms with Crippen molar-refractivity contribution in [2.45, 2.75) is 32.9 Å². The van der Waals surface area contributed by atoms with Gasteiger partial charge in [0.25, 0.3) is 0 Å². The van der Waals surface area contributed by atoms with E-state index >= 15 is 0 Å². The molecule has 0 saturated carbocycles. The van der Waals surface area contributed by atoms with Gasteiger partial charge in [-0.3, -0.25) is 4.79 Å². The lowest BCUT2D eigenvalue weighted by Crippen LogP contribution is -2.34. The Labute approximate surface area is 120 Å². The van der Waals surface area contributed by atoms with Gasteiger partial charge in [0, 0.05) is 19.5 Å². The van der Waals surface area contributed by atoms with Crippen molar-refractivity contribution in [3.05, 3.63) is 35.4 Å². The second-order valence-electron chi connectivity index (χ2n) is 5.67. The Balaban J connectivity index is 1.77. The van der Waals surface area contributed by atoms with Crippen molar-refractivity contribution >= 4 is 5.91 Å². The molecule has 1 heterocycles. The number of hydrogen-bond acceptors (Lipinski definition) is 3. The van der Waals surface area contributed by atoms with Crippen molar-refractivity contribution in [3.63, 3.8) is 0 Å². The minimum Gasteiger partial charge on any atom is -0.375 e. The number of nitrogens with one attached hydrogen (secondary N) is 2. The highest BCUT2D eigenvalue weighted by Crippen LogP contribution is 2.24. The second kappa shape index (κ2) is 7.41. The Hall–Kier alpha value is -1.39. The molecule has 1 atom stereocenters. The number of hydrogen-bond donors (Lipinski definition) is 2. The van der Waals surface area contributed by atoms with E-state index in [2.05, 4.69) is 36.6 Å². The van der Waals surface area contributed by atoms with E-state index in [0.29, 0.717) is 32.1 Å². The number of ether oxygens (including phenoxy) is 1. The molecule has 0 bridgehead atoms. The van der Waals surface area contributed by atoms with Gasteiger partial charge in [0.1, 0.15) is 0 Å².